The van der Waals surface area contributed by atoms with Gasteiger partial charge in [-0.15, -0.1) is 0 Å². The first-order valence-electron chi connectivity index (χ1n) is 7.37. The van der Waals surface area contributed by atoms with Crippen LogP contribution in [0.2, 0.25) is 0 Å². The van der Waals surface area contributed by atoms with E-state index >= 15 is 0 Å². The van der Waals surface area contributed by atoms with Crippen LogP contribution < -0.4 is 5.32 Å². The number of hydrogen-bond acceptors (Lipinski definition) is 2. The molecule has 0 amide bonds. The van der Waals surface area contributed by atoms with E-state index in [2.05, 4.69) is 23.4 Å². The first kappa shape index (κ1) is 14.0. The molecule has 2 unspecified atom stereocenters. The molecule has 2 rings (SSSR count). The number of guanidine groups is 1. The highest BCUT2D eigenvalue weighted by Gasteiger charge is 2.35. The Morgan fingerprint density at radius 1 is 1.28 bits per heavy atom. The SMILES string of the molecule is CCNC(=NCCSC)N1CC2CCCCC2C1. The lowest BCUT2D eigenvalue weighted by Gasteiger charge is -2.22. The third kappa shape index (κ3) is 3.56. The average Bonchev–Trinajstić information content (AvgIpc) is 2.81. The van der Waals surface area contributed by atoms with E-state index in [1.54, 1.807) is 0 Å². The molecule has 2 atom stereocenters. The van der Waals surface area contributed by atoms with Crippen LogP contribution in [0.15, 0.2) is 4.99 Å². The normalized spacial score (nSPS) is 28.3. The van der Waals surface area contributed by atoms with Gasteiger partial charge in [0.25, 0.3) is 0 Å². The van der Waals surface area contributed by atoms with Gasteiger partial charge in [-0.05, 0) is 37.9 Å². The number of rotatable bonds is 4. The molecule has 2 fully saturated rings. The molecular weight excluding hydrogens is 242 g/mol. The summed E-state index contributed by atoms with van der Waals surface area (Å²) in [5.41, 5.74) is 0. The molecule has 0 radical (unpaired) electrons. The van der Waals surface area contributed by atoms with Gasteiger partial charge in [0.05, 0.1) is 6.54 Å². The first-order valence-corrected chi connectivity index (χ1v) is 8.76. The van der Waals surface area contributed by atoms with Gasteiger partial charge in [-0.3, -0.25) is 4.99 Å². The van der Waals surface area contributed by atoms with Crippen LogP contribution >= 0.6 is 11.8 Å². The molecule has 0 spiro atoms. The van der Waals surface area contributed by atoms with Crippen molar-refractivity contribution < 1.29 is 0 Å². The van der Waals surface area contributed by atoms with Gasteiger partial charge in [0, 0.05) is 25.4 Å². The highest BCUT2D eigenvalue weighted by atomic mass is 32.2. The van der Waals surface area contributed by atoms with Crippen molar-refractivity contribution in [3.63, 3.8) is 0 Å². The molecule has 2 aliphatic rings. The summed E-state index contributed by atoms with van der Waals surface area (Å²) < 4.78 is 0. The number of nitrogens with zero attached hydrogens (tertiary/aromatic N) is 2. The zero-order valence-electron chi connectivity index (χ0n) is 11.8. The predicted octanol–water partition coefficient (Wildman–Crippen LogP) is 2.44. The van der Waals surface area contributed by atoms with Gasteiger partial charge in [-0.1, -0.05) is 12.8 Å². The van der Waals surface area contributed by atoms with Crippen LogP contribution in [0.4, 0.5) is 0 Å². The Morgan fingerprint density at radius 3 is 2.50 bits per heavy atom. The van der Waals surface area contributed by atoms with Crippen molar-refractivity contribution in [2.24, 2.45) is 16.8 Å². The van der Waals surface area contributed by atoms with Crippen LogP contribution in [0.5, 0.6) is 0 Å². The van der Waals surface area contributed by atoms with Crippen LogP contribution in [0.1, 0.15) is 32.6 Å². The van der Waals surface area contributed by atoms with Crippen molar-refractivity contribution in [2.75, 3.05) is 38.2 Å². The van der Waals surface area contributed by atoms with Gasteiger partial charge in [0.15, 0.2) is 5.96 Å². The van der Waals surface area contributed by atoms with Gasteiger partial charge in [0.2, 0.25) is 0 Å². The van der Waals surface area contributed by atoms with E-state index in [9.17, 15) is 0 Å². The Morgan fingerprint density at radius 2 is 1.94 bits per heavy atom. The second kappa shape index (κ2) is 7.27. The zero-order valence-corrected chi connectivity index (χ0v) is 12.6. The van der Waals surface area contributed by atoms with Crippen molar-refractivity contribution in [3.8, 4) is 0 Å². The second-order valence-electron chi connectivity index (χ2n) is 5.44. The highest BCUT2D eigenvalue weighted by molar-refractivity contribution is 7.98. The predicted molar refractivity (Wildman–Crippen MR) is 81.4 cm³/mol. The molecule has 0 aromatic carbocycles. The number of fused-ring (bicyclic) bond motifs is 1. The summed E-state index contributed by atoms with van der Waals surface area (Å²) >= 11 is 1.87. The molecule has 1 saturated carbocycles. The molecule has 3 nitrogen and oxygen atoms in total. The molecule has 0 aromatic rings. The second-order valence-corrected chi connectivity index (χ2v) is 6.42. The lowest BCUT2D eigenvalue weighted by atomic mass is 9.82. The number of hydrogen-bond donors (Lipinski definition) is 1. The van der Waals surface area contributed by atoms with E-state index in [1.165, 1.54) is 38.8 Å². The van der Waals surface area contributed by atoms with Gasteiger partial charge >= 0.3 is 0 Å². The van der Waals surface area contributed by atoms with Gasteiger partial charge in [-0.25, -0.2) is 0 Å². The molecule has 4 heteroatoms. The molecule has 104 valence electrons. The van der Waals surface area contributed by atoms with E-state index in [4.69, 9.17) is 4.99 Å². The van der Waals surface area contributed by atoms with E-state index in [-0.39, 0.29) is 0 Å². The molecule has 1 aliphatic carbocycles. The maximum absolute atomic E-state index is 4.75. The lowest BCUT2D eigenvalue weighted by Crippen LogP contribution is -2.40. The number of likely N-dealkylation sites (tertiary alicyclic amines) is 1. The van der Waals surface area contributed by atoms with Crippen molar-refractivity contribution in [3.05, 3.63) is 0 Å². The summed E-state index contributed by atoms with van der Waals surface area (Å²) in [4.78, 5) is 7.26. The fourth-order valence-electron chi connectivity index (χ4n) is 3.25. The van der Waals surface area contributed by atoms with Crippen molar-refractivity contribution in [2.45, 2.75) is 32.6 Å². The number of thioether (sulfide) groups is 1. The Hall–Kier alpha value is -0.380. The minimum Gasteiger partial charge on any atom is -0.357 e. The molecule has 1 N–H and O–H groups in total. The third-order valence-electron chi connectivity index (χ3n) is 4.17. The van der Waals surface area contributed by atoms with Gasteiger partial charge in [-0.2, -0.15) is 11.8 Å². The molecule has 1 heterocycles. The summed E-state index contributed by atoms with van der Waals surface area (Å²) in [5, 5.41) is 3.46. The third-order valence-corrected chi connectivity index (χ3v) is 4.76. The molecule has 18 heavy (non-hydrogen) atoms. The maximum Gasteiger partial charge on any atom is 0.193 e. The summed E-state index contributed by atoms with van der Waals surface area (Å²) in [5.74, 6) is 4.14. The lowest BCUT2D eigenvalue weighted by molar-refractivity contribution is 0.299. The van der Waals surface area contributed by atoms with E-state index in [0.717, 1.165) is 36.6 Å². The fraction of sp³-hybridized carbons (Fsp3) is 0.929. The van der Waals surface area contributed by atoms with Crippen molar-refractivity contribution in [1.29, 1.82) is 0 Å². The van der Waals surface area contributed by atoms with Crippen LogP contribution in [-0.2, 0) is 0 Å². The monoisotopic (exact) mass is 269 g/mol. The molecular formula is C14H27N3S. The number of aliphatic imine (C=N–C) groups is 1. The molecule has 0 bridgehead atoms. The van der Waals surface area contributed by atoms with Crippen LogP contribution in [0.3, 0.4) is 0 Å². The molecule has 1 saturated heterocycles. The fourth-order valence-corrected chi connectivity index (χ4v) is 3.52. The minimum atomic E-state index is 0.933. The van der Waals surface area contributed by atoms with Crippen LogP contribution in [0.25, 0.3) is 0 Å². The van der Waals surface area contributed by atoms with Crippen LogP contribution in [0, 0.1) is 11.8 Å². The summed E-state index contributed by atoms with van der Waals surface area (Å²) in [6, 6.07) is 0. The highest BCUT2D eigenvalue weighted by Crippen LogP contribution is 2.35. The minimum absolute atomic E-state index is 0.933. The maximum atomic E-state index is 4.75. The molecule has 0 aromatic heterocycles. The Balaban J connectivity index is 1.92. The first-order chi connectivity index (χ1) is 8.85. The standard InChI is InChI=1S/C14H27N3S/c1-3-15-14(16-8-9-18-2)17-10-12-6-4-5-7-13(12)11-17/h12-13H,3-11H2,1-2H3,(H,15,16). The number of nitrogens with one attached hydrogen (secondary N) is 1. The van der Waals surface area contributed by atoms with E-state index in [0.29, 0.717) is 0 Å². The topological polar surface area (TPSA) is 27.6 Å². The molecule has 1 aliphatic heterocycles. The Bertz CT molecular complexity index is 266. The van der Waals surface area contributed by atoms with Crippen molar-refractivity contribution >= 4 is 17.7 Å². The Kier molecular flexibility index (Phi) is 5.67. The quantitative estimate of drug-likeness (QED) is 0.482. The Labute approximate surface area is 116 Å². The summed E-state index contributed by atoms with van der Waals surface area (Å²) in [6.45, 7) is 6.54. The van der Waals surface area contributed by atoms with Gasteiger partial charge < -0.3 is 10.2 Å². The van der Waals surface area contributed by atoms with Gasteiger partial charge in [0.1, 0.15) is 0 Å². The van der Waals surface area contributed by atoms with Crippen molar-refractivity contribution in [1.82, 2.24) is 10.2 Å². The summed E-state index contributed by atoms with van der Waals surface area (Å²) in [6.07, 6.45) is 7.90. The zero-order chi connectivity index (χ0) is 12.8. The largest absolute Gasteiger partial charge is 0.357 e. The van der Waals surface area contributed by atoms with E-state index < -0.39 is 0 Å². The smallest absolute Gasteiger partial charge is 0.193 e. The van der Waals surface area contributed by atoms with Crippen LogP contribution in [-0.4, -0.2) is 49.0 Å². The van der Waals surface area contributed by atoms with E-state index in [1.807, 2.05) is 11.8 Å². The summed E-state index contributed by atoms with van der Waals surface area (Å²) in [7, 11) is 0. The average molecular weight is 269 g/mol.